The van der Waals surface area contributed by atoms with Crippen LogP contribution in [0.15, 0.2) is 24.3 Å². The number of hydrogen-bond donors (Lipinski definition) is 1. The first kappa shape index (κ1) is 16.3. The van der Waals surface area contributed by atoms with Crippen molar-refractivity contribution in [1.82, 2.24) is 15.1 Å². The minimum Gasteiger partial charge on any atom is -0.353 e. The number of nitrogens with zero attached hydrogens (tertiary/aromatic N) is 2. The van der Waals surface area contributed by atoms with Crippen molar-refractivity contribution in [2.24, 2.45) is 0 Å². The third-order valence-electron chi connectivity index (χ3n) is 4.51. The minimum atomic E-state index is -4.35. The van der Waals surface area contributed by atoms with Crippen molar-refractivity contribution < 1.29 is 18.0 Å². The molecule has 7 heteroatoms. The van der Waals surface area contributed by atoms with Crippen LogP contribution in [0.25, 0.3) is 0 Å². The van der Waals surface area contributed by atoms with Gasteiger partial charge in [-0.3, -0.25) is 14.6 Å². The van der Waals surface area contributed by atoms with Crippen LogP contribution in [-0.2, 0) is 17.5 Å². The van der Waals surface area contributed by atoms with Crippen LogP contribution in [0.4, 0.5) is 13.2 Å². The third-order valence-corrected chi connectivity index (χ3v) is 4.51. The Bertz CT molecular complexity index is 576. The van der Waals surface area contributed by atoms with E-state index in [1.807, 2.05) is 4.90 Å². The fourth-order valence-corrected chi connectivity index (χ4v) is 3.38. The summed E-state index contributed by atoms with van der Waals surface area (Å²) in [4.78, 5) is 16.1. The third kappa shape index (κ3) is 3.67. The number of benzene rings is 1. The molecule has 2 saturated heterocycles. The van der Waals surface area contributed by atoms with Gasteiger partial charge in [0.15, 0.2) is 0 Å². The lowest BCUT2D eigenvalue weighted by molar-refractivity contribution is -0.138. The fourth-order valence-electron chi connectivity index (χ4n) is 3.38. The molecule has 2 aliphatic heterocycles. The summed E-state index contributed by atoms with van der Waals surface area (Å²) in [6.45, 7) is 3.66. The van der Waals surface area contributed by atoms with Crippen LogP contribution in [0.2, 0.25) is 0 Å². The summed E-state index contributed by atoms with van der Waals surface area (Å²) in [5.41, 5.74) is -0.320. The summed E-state index contributed by atoms with van der Waals surface area (Å²) in [7, 11) is 0. The van der Waals surface area contributed by atoms with Crippen LogP contribution in [0.5, 0.6) is 0 Å². The van der Waals surface area contributed by atoms with Gasteiger partial charge in [-0.05, 0) is 24.6 Å². The van der Waals surface area contributed by atoms with E-state index in [-0.39, 0.29) is 24.1 Å². The van der Waals surface area contributed by atoms with Crippen molar-refractivity contribution in [3.8, 4) is 0 Å². The highest BCUT2D eigenvalue weighted by Gasteiger charge is 2.35. The Morgan fingerprint density at radius 3 is 2.74 bits per heavy atom. The molecule has 4 nitrogen and oxygen atoms in total. The highest BCUT2D eigenvalue weighted by molar-refractivity contribution is 5.82. The smallest absolute Gasteiger partial charge is 0.353 e. The molecule has 3 rings (SSSR count). The Morgan fingerprint density at radius 1 is 1.17 bits per heavy atom. The van der Waals surface area contributed by atoms with Crippen molar-refractivity contribution in [3.05, 3.63) is 35.4 Å². The molecule has 1 aromatic rings. The van der Waals surface area contributed by atoms with Crippen LogP contribution in [0.1, 0.15) is 17.5 Å². The Morgan fingerprint density at radius 2 is 1.96 bits per heavy atom. The number of nitrogens with one attached hydrogen (secondary N) is 1. The van der Waals surface area contributed by atoms with Gasteiger partial charge in [-0.2, -0.15) is 13.2 Å². The van der Waals surface area contributed by atoms with Crippen LogP contribution in [0, 0.1) is 0 Å². The zero-order valence-electron chi connectivity index (χ0n) is 12.8. The summed E-state index contributed by atoms with van der Waals surface area (Å²) in [6.07, 6.45) is -3.49. The number of alkyl halides is 3. The van der Waals surface area contributed by atoms with E-state index in [2.05, 4.69) is 10.2 Å². The molecule has 2 heterocycles. The van der Waals surface area contributed by atoms with Gasteiger partial charge in [0, 0.05) is 32.7 Å². The number of piperazine rings is 1. The van der Waals surface area contributed by atoms with Gasteiger partial charge in [-0.1, -0.05) is 18.2 Å². The molecule has 1 N–H and O–H groups in total. The molecular formula is C16H20F3N3O. The van der Waals surface area contributed by atoms with Gasteiger partial charge < -0.3 is 5.32 Å². The number of hydrogen-bond acceptors (Lipinski definition) is 3. The molecule has 23 heavy (non-hydrogen) atoms. The van der Waals surface area contributed by atoms with Crippen molar-refractivity contribution in [3.63, 3.8) is 0 Å². The van der Waals surface area contributed by atoms with E-state index in [0.717, 1.165) is 25.6 Å². The largest absolute Gasteiger partial charge is 0.416 e. The van der Waals surface area contributed by atoms with Crippen molar-refractivity contribution in [2.45, 2.75) is 25.2 Å². The number of halogens is 3. The number of rotatable bonds is 2. The normalized spacial score (nSPS) is 24.0. The highest BCUT2D eigenvalue weighted by Crippen LogP contribution is 2.32. The summed E-state index contributed by atoms with van der Waals surface area (Å²) >= 11 is 0. The molecule has 0 spiro atoms. The zero-order valence-corrected chi connectivity index (χ0v) is 12.8. The van der Waals surface area contributed by atoms with Gasteiger partial charge in [0.25, 0.3) is 0 Å². The van der Waals surface area contributed by atoms with E-state index in [0.29, 0.717) is 19.6 Å². The van der Waals surface area contributed by atoms with Gasteiger partial charge in [0.2, 0.25) is 5.91 Å². The maximum absolute atomic E-state index is 13.1. The monoisotopic (exact) mass is 327 g/mol. The summed E-state index contributed by atoms with van der Waals surface area (Å²) in [5.74, 6) is -0.0211. The average Bonchev–Trinajstić information content (AvgIpc) is 2.70. The zero-order chi connectivity index (χ0) is 16.4. The molecule has 2 aliphatic rings. The molecule has 0 aromatic heterocycles. The SMILES string of the molecule is O=C1NCCN2CCCN(Cc3ccccc3C(F)(F)F)CC12. The van der Waals surface area contributed by atoms with Crippen LogP contribution >= 0.6 is 0 Å². The highest BCUT2D eigenvalue weighted by atomic mass is 19.4. The summed E-state index contributed by atoms with van der Waals surface area (Å²) in [6, 6.07) is 5.41. The number of fused-ring (bicyclic) bond motifs is 1. The standard InChI is InChI=1S/C16H20F3N3O/c17-16(18,19)13-5-2-1-4-12(13)10-21-7-3-8-22-9-6-20-15(23)14(22)11-21/h1-2,4-5,14H,3,6-11H2,(H,20,23). The summed E-state index contributed by atoms with van der Waals surface area (Å²) < 4.78 is 39.4. The Kier molecular flexibility index (Phi) is 4.59. The van der Waals surface area contributed by atoms with Crippen LogP contribution in [0.3, 0.4) is 0 Å². The molecular weight excluding hydrogens is 307 g/mol. The average molecular weight is 327 g/mol. The van der Waals surface area contributed by atoms with Gasteiger partial charge in [0.1, 0.15) is 6.04 Å². The molecule has 1 amide bonds. The molecule has 1 aromatic carbocycles. The van der Waals surface area contributed by atoms with E-state index in [1.54, 1.807) is 6.07 Å². The second-order valence-corrected chi connectivity index (χ2v) is 6.09. The lowest BCUT2D eigenvalue weighted by Gasteiger charge is -2.34. The predicted octanol–water partition coefficient (Wildman–Crippen LogP) is 1.71. The summed E-state index contributed by atoms with van der Waals surface area (Å²) in [5, 5.41) is 2.84. The fraction of sp³-hybridized carbons (Fsp3) is 0.562. The first-order valence-corrected chi connectivity index (χ1v) is 7.84. The van der Waals surface area contributed by atoms with E-state index in [1.165, 1.54) is 12.1 Å². The molecule has 1 atom stereocenters. The van der Waals surface area contributed by atoms with E-state index < -0.39 is 11.7 Å². The minimum absolute atomic E-state index is 0.0211. The van der Waals surface area contributed by atoms with Gasteiger partial charge in [0.05, 0.1) is 5.56 Å². The lowest BCUT2D eigenvalue weighted by atomic mass is 10.1. The Hall–Kier alpha value is -1.60. The maximum atomic E-state index is 13.1. The number of carbonyl (C=O) groups is 1. The number of amides is 1. The van der Waals surface area contributed by atoms with E-state index >= 15 is 0 Å². The van der Waals surface area contributed by atoms with Gasteiger partial charge in [-0.25, -0.2) is 0 Å². The van der Waals surface area contributed by atoms with E-state index in [4.69, 9.17) is 0 Å². The number of carbonyl (C=O) groups excluding carboxylic acids is 1. The van der Waals surface area contributed by atoms with Gasteiger partial charge in [-0.15, -0.1) is 0 Å². The molecule has 0 bridgehead atoms. The van der Waals surface area contributed by atoms with Crippen molar-refractivity contribution in [2.75, 3.05) is 32.7 Å². The van der Waals surface area contributed by atoms with E-state index in [9.17, 15) is 18.0 Å². The Balaban J connectivity index is 1.77. The second kappa shape index (κ2) is 6.49. The van der Waals surface area contributed by atoms with Crippen LogP contribution in [-0.4, -0.2) is 54.5 Å². The quantitative estimate of drug-likeness (QED) is 0.898. The Labute approximate surface area is 133 Å². The van der Waals surface area contributed by atoms with Crippen molar-refractivity contribution in [1.29, 1.82) is 0 Å². The maximum Gasteiger partial charge on any atom is 0.416 e. The molecule has 126 valence electrons. The second-order valence-electron chi connectivity index (χ2n) is 6.09. The van der Waals surface area contributed by atoms with Crippen LogP contribution < -0.4 is 5.32 Å². The molecule has 0 saturated carbocycles. The predicted molar refractivity (Wildman–Crippen MR) is 79.7 cm³/mol. The molecule has 0 radical (unpaired) electrons. The topological polar surface area (TPSA) is 35.6 Å². The molecule has 2 fully saturated rings. The lowest BCUT2D eigenvalue weighted by Crippen LogP contribution is -2.57. The molecule has 0 aliphatic carbocycles. The first-order valence-electron chi connectivity index (χ1n) is 7.84. The molecule has 1 unspecified atom stereocenters. The van der Waals surface area contributed by atoms with Crippen molar-refractivity contribution >= 4 is 5.91 Å². The van der Waals surface area contributed by atoms with Gasteiger partial charge >= 0.3 is 6.18 Å². The first-order chi connectivity index (χ1) is 10.9.